The van der Waals surface area contributed by atoms with Crippen LogP contribution in [0.5, 0.6) is 0 Å². The number of para-hydroxylation sites is 1. The molecule has 1 aliphatic heterocycles. The van der Waals surface area contributed by atoms with Gasteiger partial charge < -0.3 is 4.90 Å². The Balaban J connectivity index is 1.20. The molecule has 0 saturated heterocycles. The fraction of sp³-hybridized carbons (Fsp3) is 0.0800. The molecule has 52 heavy (non-hydrogen) atoms. The van der Waals surface area contributed by atoms with Crippen molar-refractivity contribution in [1.82, 2.24) is 0 Å². The second kappa shape index (κ2) is 10.8. The van der Waals surface area contributed by atoms with Crippen LogP contribution in [0.15, 0.2) is 186 Å². The van der Waals surface area contributed by atoms with E-state index in [-0.39, 0.29) is 5.41 Å². The minimum absolute atomic E-state index is 0.0944. The molecule has 3 aliphatic rings. The number of hydrogen-bond donors (Lipinski definition) is 0. The molecule has 1 heterocycles. The Morgan fingerprint density at radius 1 is 0.404 bits per heavy atom. The largest absolute Gasteiger partial charge is 0.310 e. The SMILES string of the molecule is CC1(C)c2ccccc2-c2ccc(N(c3ccccc3)c3ccc4c(c3)C3(c5ccccc5-c5ccccc53)c3c(ccc5ccccc35)S4)cc21. The van der Waals surface area contributed by atoms with Crippen molar-refractivity contribution < 1.29 is 0 Å². The molecular formula is C50H35NS. The van der Waals surface area contributed by atoms with Crippen molar-refractivity contribution in [2.24, 2.45) is 0 Å². The molecule has 0 radical (unpaired) electrons. The Hall–Kier alpha value is -5.83. The van der Waals surface area contributed by atoms with Crippen LogP contribution in [-0.2, 0) is 10.8 Å². The van der Waals surface area contributed by atoms with E-state index in [9.17, 15) is 0 Å². The third-order valence-electron chi connectivity index (χ3n) is 11.9. The lowest BCUT2D eigenvalue weighted by Crippen LogP contribution is -2.32. The summed E-state index contributed by atoms with van der Waals surface area (Å²) < 4.78 is 0. The van der Waals surface area contributed by atoms with Crippen molar-refractivity contribution in [2.75, 3.05) is 4.90 Å². The molecule has 2 aliphatic carbocycles. The summed E-state index contributed by atoms with van der Waals surface area (Å²) in [6.07, 6.45) is 0. The molecule has 0 N–H and O–H groups in total. The number of anilines is 3. The summed E-state index contributed by atoms with van der Waals surface area (Å²) in [6, 6.07) is 65.9. The van der Waals surface area contributed by atoms with E-state index in [0.29, 0.717) is 0 Å². The maximum atomic E-state index is 2.51. The molecule has 0 bridgehead atoms. The number of rotatable bonds is 3. The van der Waals surface area contributed by atoms with Gasteiger partial charge in [0.05, 0.1) is 5.41 Å². The van der Waals surface area contributed by atoms with E-state index in [1.807, 2.05) is 11.8 Å². The van der Waals surface area contributed by atoms with Crippen LogP contribution in [0.3, 0.4) is 0 Å². The van der Waals surface area contributed by atoms with E-state index in [1.54, 1.807) is 0 Å². The summed E-state index contributed by atoms with van der Waals surface area (Å²) >= 11 is 1.91. The van der Waals surface area contributed by atoms with Crippen LogP contribution in [0.1, 0.15) is 47.2 Å². The van der Waals surface area contributed by atoms with Gasteiger partial charge >= 0.3 is 0 Å². The zero-order valence-electron chi connectivity index (χ0n) is 29.1. The van der Waals surface area contributed by atoms with Crippen LogP contribution in [0.4, 0.5) is 17.1 Å². The average Bonchev–Trinajstić information content (AvgIpc) is 3.61. The van der Waals surface area contributed by atoms with Crippen molar-refractivity contribution in [3.63, 3.8) is 0 Å². The predicted molar refractivity (Wildman–Crippen MR) is 218 cm³/mol. The summed E-state index contributed by atoms with van der Waals surface area (Å²) in [6.45, 7) is 4.73. The van der Waals surface area contributed by atoms with E-state index in [0.717, 1.165) is 11.4 Å². The van der Waals surface area contributed by atoms with E-state index in [2.05, 4.69) is 195 Å². The molecule has 0 unspecified atom stereocenters. The Labute approximate surface area is 309 Å². The third-order valence-corrected chi connectivity index (χ3v) is 13.0. The molecular weight excluding hydrogens is 647 g/mol. The molecule has 0 saturated carbocycles. The van der Waals surface area contributed by atoms with Crippen molar-refractivity contribution >= 4 is 39.6 Å². The van der Waals surface area contributed by atoms with Crippen LogP contribution in [0.2, 0.25) is 0 Å². The normalized spacial score (nSPS) is 15.0. The highest BCUT2D eigenvalue weighted by molar-refractivity contribution is 7.99. The van der Waals surface area contributed by atoms with Gasteiger partial charge in [0.2, 0.25) is 0 Å². The van der Waals surface area contributed by atoms with Gasteiger partial charge in [0.15, 0.2) is 0 Å². The fourth-order valence-electron chi connectivity index (χ4n) is 9.67. The summed E-state index contributed by atoms with van der Waals surface area (Å²) in [5, 5.41) is 2.59. The summed E-state index contributed by atoms with van der Waals surface area (Å²) in [5.41, 5.74) is 16.4. The molecule has 246 valence electrons. The summed E-state index contributed by atoms with van der Waals surface area (Å²) in [4.78, 5) is 5.09. The maximum Gasteiger partial charge on any atom is 0.0742 e. The lowest BCUT2D eigenvalue weighted by atomic mass is 9.66. The molecule has 11 rings (SSSR count). The highest BCUT2D eigenvalue weighted by atomic mass is 32.2. The molecule has 8 aromatic carbocycles. The van der Waals surface area contributed by atoms with Gasteiger partial charge in [-0.05, 0) is 115 Å². The highest BCUT2D eigenvalue weighted by Gasteiger charge is 2.51. The quantitative estimate of drug-likeness (QED) is 0.183. The molecule has 8 aromatic rings. The van der Waals surface area contributed by atoms with E-state index >= 15 is 0 Å². The Morgan fingerprint density at radius 3 is 1.67 bits per heavy atom. The number of hydrogen-bond acceptors (Lipinski definition) is 2. The third kappa shape index (κ3) is 3.91. The summed E-state index contributed by atoms with van der Waals surface area (Å²) in [7, 11) is 0. The Bertz CT molecular complexity index is 2710. The van der Waals surface area contributed by atoms with E-state index in [1.165, 1.54) is 81.9 Å². The Morgan fingerprint density at radius 2 is 0.942 bits per heavy atom. The average molecular weight is 682 g/mol. The standard InChI is InChI=1S/C50H35NS/c1-49(2)41-21-11-8-18-37(41)40-27-25-34(30-44(40)49)51(33-15-4-3-5-16-33)35-26-29-46-45(31-35)50(48-36-17-7-6-14-32(36)24-28-47(48)52-46)42-22-12-9-19-38(42)39-20-10-13-23-43(39)50/h3-31H,1-2H3. The van der Waals surface area contributed by atoms with Gasteiger partial charge in [-0.15, -0.1) is 0 Å². The Kier molecular flexibility index (Phi) is 6.22. The van der Waals surface area contributed by atoms with E-state index < -0.39 is 5.41 Å². The molecule has 0 aromatic heterocycles. The van der Waals surface area contributed by atoms with Gasteiger partial charge in [-0.25, -0.2) is 0 Å². The molecule has 1 spiro atoms. The first-order chi connectivity index (χ1) is 25.5. The minimum atomic E-state index is -0.482. The number of fused-ring (bicyclic) bond motifs is 14. The first kappa shape index (κ1) is 29.9. The first-order valence-corrected chi connectivity index (χ1v) is 19.0. The second-order valence-electron chi connectivity index (χ2n) is 14.9. The lowest BCUT2D eigenvalue weighted by molar-refractivity contribution is 0.660. The molecule has 0 fully saturated rings. The zero-order valence-corrected chi connectivity index (χ0v) is 29.9. The zero-order chi connectivity index (χ0) is 34.6. The smallest absolute Gasteiger partial charge is 0.0742 e. The molecule has 1 nitrogen and oxygen atoms in total. The number of benzene rings is 8. The first-order valence-electron chi connectivity index (χ1n) is 18.2. The maximum absolute atomic E-state index is 2.51. The van der Waals surface area contributed by atoms with Gasteiger partial charge in [-0.1, -0.05) is 153 Å². The minimum Gasteiger partial charge on any atom is -0.310 e. The monoisotopic (exact) mass is 681 g/mol. The molecule has 0 amide bonds. The van der Waals surface area contributed by atoms with Gasteiger partial charge in [-0.3, -0.25) is 0 Å². The van der Waals surface area contributed by atoms with Gasteiger partial charge in [0.25, 0.3) is 0 Å². The second-order valence-corrected chi connectivity index (χ2v) is 15.9. The van der Waals surface area contributed by atoms with Crippen LogP contribution in [0.25, 0.3) is 33.0 Å². The fourth-order valence-corrected chi connectivity index (χ4v) is 10.9. The van der Waals surface area contributed by atoms with Gasteiger partial charge in [0.1, 0.15) is 0 Å². The van der Waals surface area contributed by atoms with Crippen LogP contribution < -0.4 is 4.90 Å². The van der Waals surface area contributed by atoms with Crippen molar-refractivity contribution in [1.29, 1.82) is 0 Å². The molecule has 0 atom stereocenters. The molecule has 2 heteroatoms. The van der Waals surface area contributed by atoms with E-state index in [4.69, 9.17) is 0 Å². The van der Waals surface area contributed by atoms with Crippen LogP contribution in [0, 0.1) is 0 Å². The van der Waals surface area contributed by atoms with Crippen LogP contribution in [-0.4, -0.2) is 0 Å². The van der Waals surface area contributed by atoms with Crippen molar-refractivity contribution in [3.8, 4) is 22.3 Å². The topological polar surface area (TPSA) is 3.24 Å². The van der Waals surface area contributed by atoms with Gasteiger partial charge in [0, 0.05) is 32.3 Å². The van der Waals surface area contributed by atoms with Crippen molar-refractivity contribution in [2.45, 2.75) is 34.5 Å². The van der Waals surface area contributed by atoms with Crippen molar-refractivity contribution in [3.05, 3.63) is 209 Å². The summed E-state index contributed by atoms with van der Waals surface area (Å²) in [5.74, 6) is 0. The number of nitrogens with zero attached hydrogens (tertiary/aromatic N) is 1. The van der Waals surface area contributed by atoms with Gasteiger partial charge in [-0.2, -0.15) is 0 Å². The lowest BCUT2D eigenvalue weighted by Gasteiger charge is -2.41. The highest BCUT2D eigenvalue weighted by Crippen LogP contribution is 2.64. The van der Waals surface area contributed by atoms with Crippen LogP contribution >= 0.6 is 11.8 Å². The predicted octanol–water partition coefficient (Wildman–Crippen LogP) is 13.4.